The minimum Gasteiger partial charge on any atom is -0.454 e. The Bertz CT molecular complexity index is 1160. The summed E-state index contributed by atoms with van der Waals surface area (Å²) in [5.74, 6) is 1.09. The maximum absolute atomic E-state index is 12.8. The molecule has 0 atom stereocenters. The van der Waals surface area contributed by atoms with Crippen LogP contribution in [0.15, 0.2) is 54.9 Å². The quantitative estimate of drug-likeness (QED) is 0.575. The fraction of sp³-hybridized carbons (Fsp3) is 0.100. The molecule has 0 bridgehead atoms. The number of thiazole rings is 1. The third-order valence-corrected chi connectivity index (χ3v) is 5.34. The van der Waals surface area contributed by atoms with Crippen LogP contribution >= 0.6 is 11.3 Å². The normalized spacial score (nSPS) is 12.3. The highest BCUT2D eigenvalue weighted by atomic mass is 32.1. The molecule has 138 valence electrons. The molecule has 8 heteroatoms. The molecule has 1 N–H and O–H groups in total. The summed E-state index contributed by atoms with van der Waals surface area (Å²) in [5.41, 5.74) is 2.51. The molecular weight excluding hydrogens is 376 g/mol. The summed E-state index contributed by atoms with van der Waals surface area (Å²) < 4.78 is 11.7. The number of aromatic nitrogens is 3. The molecule has 5 rings (SSSR count). The predicted octanol–water partition coefficient (Wildman–Crippen LogP) is 3.41. The van der Waals surface area contributed by atoms with Gasteiger partial charge in [-0.15, -0.1) is 11.3 Å². The number of para-hydroxylation sites is 1. The number of hydrogen-bond acceptors (Lipinski definition) is 7. The summed E-state index contributed by atoms with van der Waals surface area (Å²) in [6.07, 6.45) is 3.07. The van der Waals surface area contributed by atoms with Crippen molar-refractivity contribution >= 4 is 27.5 Å². The second-order valence-corrected chi connectivity index (χ2v) is 7.14. The van der Waals surface area contributed by atoms with Crippen LogP contribution in [-0.2, 0) is 6.54 Å². The molecule has 0 spiro atoms. The number of hydrogen-bond donors (Lipinski definition) is 1. The standard InChI is InChI=1S/C20H14N4O3S/c25-19(23-10-12-5-6-14-15(9-12)27-11-26-14)17-18(22-8-7-21-17)20-24-13-3-1-2-4-16(13)28-20/h1-9H,10-11H2,(H,23,25). The highest BCUT2D eigenvalue weighted by molar-refractivity contribution is 7.21. The number of amides is 1. The van der Waals surface area contributed by atoms with Crippen molar-refractivity contribution in [3.05, 3.63) is 66.1 Å². The van der Waals surface area contributed by atoms with Gasteiger partial charge in [0, 0.05) is 18.9 Å². The summed E-state index contributed by atoms with van der Waals surface area (Å²) in [6.45, 7) is 0.557. The van der Waals surface area contributed by atoms with Crippen LogP contribution in [0.3, 0.4) is 0 Å². The second-order valence-electron chi connectivity index (χ2n) is 6.11. The number of rotatable bonds is 4. The topological polar surface area (TPSA) is 86.2 Å². The van der Waals surface area contributed by atoms with E-state index in [1.807, 2.05) is 42.5 Å². The highest BCUT2D eigenvalue weighted by Crippen LogP contribution is 2.33. The van der Waals surface area contributed by atoms with Crippen LogP contribution in [0, 0.1) is 0 Å². The molecule has 4 aromatic rings. The lowest BCUT2D eigenvalue weighted by molar-refractivity contribution is 0.0946. The average Bonchev–Trinajstić information content (AvgIpc) is 3.38. The number of fused-ring (bicyclic) bond motifs is 2. The molecule has 2 aromatic carbocycles. The van der Waals surface area contributed by atoms with Gasteiger partial charge in [0.25, 0.3) is 5.91 Å². The van der Waals surface area contributed by atoms with Crippen LogP contribution in [0.1, 0.15) is 16.1 Å². The van der Waals surface area contributed by atoms with Crippen LogP contribution < -0.4 is 14.8 Å². The number of nitrogens with one attached hydrogen (secondary N) is 1. The maximum Gasteiger partial charge on any atom is 0.272 e. The van der Waals surface area contributed by atoms with E-state index in [2.05, 4.69) is 20.3 Å². The zero-order chi connectivity index (χ0) is 18.9. The average molecular weight is 390 g/mol. The third kappa shape index (κ3) is 3.03. The Balaban J connectivity index is 1.39. The lowest BCUT2D eigenvalue weighted by atomic mass is 10.2. The van der Waals surface area contributed by atoms with E-state index in [1.54, 1.807) is 6.20 Å². The second kappa shape index (κ2) is 6.90. The molecule has 1 amide bonds. The first-order chi connectivity index (χ1) is 13.8. The first-order valence-electron chi connectivity index (χ1n) is 8.61. The predicted molar refractivity (Wildman–Crippen MR) is 104 cm³/mol. The molecule has 0 radical (unpaired) electrons. The van der Waals surface area contributed by atoms with Gasteiger partial charge in [0.05, 0.1) is 10.2 Å². The number of nitrogens with zero attached hydrogens (tertiary/aromatic N) is 3. The Morgan fingerprint density at radius 3 is 2.86 bits per heavy atom. The van der Waals surface area contributed by atoms with Gasteiger partial charge in [0.1, 0.15) is 10.7 Å². The van der Waals surface area contributed by atoms with Gasteiger partial charge in [-0.05, 0) is 29.8 Å². The van der Waals surface area contributed by atoms with Gasteiger partial charge in [-0.1, -0.05) is 18.2 Å². The molecule has 0 saturated carbocycles. The molecule has 0 unspecified atom stereocenters. The Hall–Kier alpha value is -3.52. The van der Waals surface area contributed by atoms with Crippen molar-refractivity contribution in [3.63, 3.8) is 0 Å². The molecule has 1 aliphatic rings. The first kappa shape index (κ1) is 16.6. The van der Waals surface area contributed by atoms with E-state index < -0.39 is 0 Å². The Kier molecular flexibility index (Phi) is 4.10. The van der Waals surface area contributed by atoms with Crippen molar-refractivity contribution in [2.24, 2.45) is 0 Å². The van der Waals surface area contributed by atoms with E-state index >= 15 is 0 Å². The minimum absolute atomic E-state index is 0.219. The molecule has 3 heterocycles. The van der Waals surface area contributed by atoms with Gasteiger partial charge in [0.2, 0.25) is 6.79 Å². The molecule has 0 saturated heterocycles. The van der Waals surface area contributed by atoms with Gasteiger partial charge in [-0.2, -0.15) is 0 Å². The van der Waals surface area contributed by atoms with E-state index in [0.29, 0.717) is 28.7 Å². The molecule has 28 heavy (non-hydrogen) atoms. The monoisotopic (exact) mass is 390 g/mol. The Morgan fingerprint density at radius 2 is 1.93 bits per heavy atom. The van der Waals surface area contributed by atoms with Crippen molar-refractivity contribution in [3.8, 4) is 22.2 Å². The molecule has 1 aliphatic heterocycles. The van der Waals surface area contributed by atoms with Gasteiger partial charge >= 0.3 is 0 Å². The van der Waals surface area contributed by atoms with Crippen LogP contribution in [0.5, 0.6) is 11.5 Å². The smallest absolute Gasteiger partial charge is 0.272 e. The van der Waals surface area contributed by atoms with E-state index in [9.17, 15) is 4.79 Å². The van der Waals surface area contributed by atoms with Crippen molar-refractivity contribution in [1.82, 2.24) is 20.3 Å². The fourth-order valence-corrected chi connectivity index (χ4v) is 3.91. The summed E-state index contributed by atoms with van der Waals surface area (Å²) >= 11 is 1.49. The third-order valence-electron chi connectivity index (χ3n) is 4.30. The lowest BCUT2D eigenvalue weighted by Crippen LogP contribution is -2.24. The maximum atomic E-state index is 12.8. The van der Waals surface area contributed by atoms with Crippen LogP contribution in [-0.4, -0.2) is 27.7 Å². The fourth-order valence-electron chi connectivity index (χ4n) is 2.95. The number of carbonyl (C=O) groups is 1. The zero-order valence-corrected chi connectivity index (χ0v) is 15.4. The summed E-state index contributed by atoms with van der Waals surface area (Å²) in [6, 6.07) is 13.4. The van der Waals surface area contributed by atoms with E-state index in [-0.39, 0.29) is 18.4 Å². The van der Waals surface area contributed by atoms with E-state index in [1.165, 1.54) is 17.5 Å². The van der Waals surface area contributed by atoms with Crippen molar-refractivity contribution < 1.29 is 14.3 Å². The molecule has 2 aromatic heterocycles. The van der Waals surface area contributed by atoms with Crippen LogP contribution in [0.25, 0.3) is 20.9 Å². The van der Waals surface area contributed by atoms with Gasteiger partial charge in [0.15, 0.2) is 17.2 Å². The van der Waals surface area contributed by atoms with Crippen LogP contribution in [0.2, 0.25) is 0 Å². The van der Waals surface area contributed by atoms with Gasteiger partial charge in [-0.25, -0.2) is 15.0 Å². The van der Waals surface area contributed by atoms with Crippen molar-refractivity contribution in [2.75, 3.05) is 6.79 Å². The zero-order valence-electron chi connectivity index (χ0n) is 14.6. The molecule has 0 aliphatic carbocycles. The first-order valence-corrected chi connectivity index (χ1v) is 9.43. The van der Waals surface area contributed by atoms with E-state index in [0.717, 1.165) is 15.8 Å². The largest absolute Gasteiger partial charge is 0.454 e. The summed E-state index contributed by atoms with van der Waals surface area (Å²) in [4.78, 5) is 26.0. The van der Waals surface area contributed by atoms with Crippen molar-refractivity contribution in [2.45, 2.75) is 6.54 Å². The molecule has 7 nitrogen and oxygen atoms in total. The van der Waals surface area contributed by atoms with Crippen LogP contribution in [0.4, 0.5) is 0 Å². The Morgan fingerprint density at radius 1 is 1.07 bits per heavy atom. The SMILES string of the molecule is O=C(NCc1ccc2c(c1)OCO2)c1nccnc1-c1nc2ccccc2s1. The minimum atomic E-state index is -0.306. The van der Waals surface area contributed by atoms with Crippen molar-refractivity contribution in [1.29, 1.82) is 0 Å². The Labute approximate surface area is 164 Å². The highest BCUT2D eigenvalue weighted by Gasteiger charge is 2.19. The lowest BCUT2D eigenvalue weighted by Gasteiger charge is -2.07. The molecular formula is C20H14N4O3S. The molecule has 0 fully saturated rings. The van der Waals surface area contributed by atoms with Gasteiger partial charge in [-0.3, -0.25) is 4.79 Å². The number of carbonyl (C=O) groups excluding carboxylic acids is 1. The summed E-state index contributed by atoms with van der Waals surface area (Å²) in [5, 5.41) is 3.56. The van der Waals surface area contributed by atoms with E-state index in [4.69, 9.17) is 9.47 Å². The number of benzene rings is 2. The van der Waals surface area contributed by atoms with Gasteiger partial charge < -0.3 is 14.8 Å². The number of ether oxygens (including phenoxy) is 2. The summed E-state index contributed by atoms with van der Waals surface area (Å²) in [7, 11) is 0.